The van der Waals surface area contributed by atoms with Crippen LogP contribution in [0.4, 0.5) is 13.2 Å². The largest absolute Gasteiger partial charge is 0.435 e. The molecule has 1 heterocycles. The second kappa shape index (κ2) is 9.33. The Morgan fingerprint density at radius 3 is 2.26 bits per heavy atom. The number of halogens is 5. The third kappa shape index (κ3) is 6.02. The lowest BCUT2D eigenvalue weighted by atomic mass is 9.97. The SMILES string of the molecule is Cn1nc(C(F)(F)F)c(C(OC(=O)C(C)(C)C)=C(C#N)CCc2ccc(Cl)cc2)c1Cl. The number of allylic oxidation sites excluding steroid dienone is 1. The molecule has 2 aromatic rings. The van der Waals surface area contributed by atoms with Gasteiger partial charge in [-0.15, -0.1) is 0 Å². The summed E-state index contributed by atoms with van der Waals surface area (Å²) in [6.07, 6.45) is -4.57. The molecule has 0 atom stereocenters. The molecule has 166 valence electrons. The zero-order chi connectivity index (χ0) is 23.6. The van der Waals surface area contributed by atoms with Gasteiger partial charge < -0.3 is 4.74 Å². The summed E-state index contributed by atoms with van der Waals surface area (Å²) in [7, 11) is 1.23. The van der Waals surface area contributed by atoms with Crippen molar-refractivity contribution in [2.45, 2.75) is 39.8 Å². The molecule has 0 spiro atoms. The van der Waals surface area contributed by atoms with Crippen LogP contribution in [0.5, 0.6) is 0 Å². The van der Waals surface area contributed by atoms with Crippen molar-refractivity contribution in [2.75, 3.05) is 0 Å². The number of hydrogen-bond acceptors (Lipinski definition) is 4. The molecule has 0 fully saturated rings. The number of alkyl halides is 3. The van der Waals surface area contributed by atoms with E-state index >= 15 is 0 Å². The van der Waals surface area contributed by atoms with Gasteiger partial charge in [-0.2, -0.15) is 23.5 Å². The second-order valence-corrected chi connectivity index (χ2v) is 8.62. The fourth-order valence-electron chi connectivity index (χ4n) is 2.55. The van der Waals surface area contributed by atoms with Gasteiger partial charge in [0.05, 0.1) is 22.6 Å². The highest BCUT2D eigenvalue weighted by Crippen LogP contribution is 2.40. The van der Waals surface area contributed by atoms with Gasteiger partial charge >= 0.3 is 12.1 Å². The first-order valence-corrected chi connectivity index (χ1v) is 9.91. The van der Waals surface area contributed by atoms with E-state index in [2.05, 4.69) is 5.10 Å². The van der Waals surface area contributed by atoms with Crippen molar-refractivity contribution in [2.24, 2.45) is 12.5 Å². The monoisotopic (exact) mass is 473 g/mol. The molecule has 0 amide bonds. The van der Waals surface area contributed by atoms with Crippen LogP contribution in [-0.2, 0) is 29.2 Å². The summed E-state index contributed by atoms with van der Waals surface area (Å²) in [5, 5.41) is 13.3. The fourth-order valence-corrected chi connectivity index (χ4v) is 2.89. The maximum Gasteiger partial charge on any atom is 0.435 e. The van der Waals surface area contributed by atoms with Gasteiger partial charge in [-0.1, -0.05) is 35.3 Å². The highest BCUT2D eigenvalue weighted by atomic mass is 35.5. The summed E-state index contributed by atoms with van der Waals surface area (Å²) in [5.74, 6) is -1.35. The van der Waals surface area contributed by atoms with Crippen LogP contribution in [-0.4, -0.2) is 15.7 Å². The van der Waals surface area contributed by atoms with E-state index in [-0.39, 0.29) is 12.0 Å². The predicted molar refractivity (Wildman–Crippen MR) is 111 cm³/mol. The Kier molecular flexibility index (Phi) is 7.45. The van der Waals surface area contributed by atoms with Gasteiger partial charge in [0.2, 0.25) is 0 Å². The van der Waals surface area contributed by atoms with E-state index in [0.29, 0.717) is 11.4 Å². The van der Waals surface area contributed by atoms with E-state index < -0.39 is 39.7 Å². The van der Waals surface area contributed by atoms with Crippen LogP contribution < -0.4 is 0 Å². The summed E-state index contributed by atoms with van der Waals surface area (Å²) in [4.78, 5) is 12.5. The summed E-state index contributed by atoms with van der Waals surface area (Å²) >= 11 is 12.0. The number of carbonyl (C=O) groups is 1. The highest BCUT2D eigenvalue weighted by molar-refractivity contribution is 6.31. The number of benzene rings is 1. The number of carbonyl (C=O) groups excluding carboxylic acids is 1. The van der Waals surface area contributed by atoms with Gasteiger partial charge in [-0.3, -0.25) is 9.48 Å². The molecule has 0 saturated carbocycles. The molecular formula is C21H20Cl2F3N3O2. The van der Waals surface area contributed by atoms with Crippen LogP contribution in [0.25, 0.3) is 5.76 Å². The molecule has 0 radical (unpaired) electrons. The van der Waals surface area contributed by atoms with E-state index in [1.807, 2.05) is 6.07 Å². The maximum absolute atomic E-state index is 13.6. The highest BCUT2D eigenvalue weighted by Gasteiger charge is 2.42. The number of nitriles is 1. The molecule has 0 bridgehead atoms. The Bertz CT molecular complexity index is 1040. The summed E-state index contributed by atoms with van der Waals surface area (Å²) < 4.78 is 47.1. The molecule has 10 heteroatoms. The summed E-state index contributed by atoms with van der Waals surface area (Å²) in [5.41, 5.74) is -2.37. The van der Waals surface area contributed by atoms with Crippen LogP contribution in [0.15, 0.2) is 29.8 Å². The zero-order valence-corrected chi connectivity index (χ0v) is 18.8. The van der Waals surface area contributed by atoms with Crippen molar-refractivity contribution in [3.05, 3.63) is 56.8 Å². The average molecular weight is 474 g/mol. The number of aromatic nitrogens is 2. The van der Waals surface area contributed by atoms with Gasteiger partial charge in [-0.25, -0.2) is 0 Å². The van der Waals surface area contributed by atoms with Crippen LogP contribution in [0, 0.1) is 16.7 Å². The quantitative estimate of drug-likeness (QED) is 0.294. The Morgan fingerprint density at radius 1 is 1.19 bits per heavy atom. The molecule has 0 saturated heterocycles. The Morgan fingerprint density at radius 2 is 1.77 bits per heavy atom. The smallest absolute Gasteiger partial charge is 0.424 e. The number of rotatable bonds is 5. The lowest BCUT2D eigenvalue weighted by Gasteiger charge is -2.20. The van der Waals surface area contributed by atoms with E-state index in [4.69, 9.17) is 27.9 Å². The van der Waals surface area contributed by atoms with Gasteiger partial charge in [0, 0.05) is 12.1 Å². The first kappa shape index (κ1) is 24.8. The number of ether oxygens (including phenoxy) is 1. The third-order valence-electron chi connectivity index (χ3n) is 4.27. The molecule has 5 nitrogen and oxygen atoms in total. The van der Waals surface area contributed by atoms with Gasteiger partial charge in [0.25, 0.3) is 0 Å². The number of aryl methyl sites for hydroxylation is 2. The van der Waals surface area contributed by atoms with E-state index in [1.165, 1.54) is 7.05 Å². The molecular weight excluding hydrogens is 454 g/mol. The number of esters is 1. The fraction of sp³-hybridized carbons (Fsp3) is 0.381. The maximum atomic E-state index is 13.6. The number of hydrogen-bond donors (Lipinski definition) is 0. The van der Waals surface area contributed by atoms with Crippen molar-refractivity contribution in [3.8, 4) is 6.07 Å². The molecule has 0 aliphatic heterocycles. The van der Waals surface area contributed by atoms with E-state index in [0.717, 1.165) is 10.2 Å². The van der Waals surface area contributed by atoms with Gasteiger partial charge in [-0.05, 0) is 51.3 Å². The normalized spacial score (nSPS) is 12.9. The third-order valence-corrected chi connectivity index (χ3v) is 4.95. The topological polar surface area (TPSA) is 67.9 Å². The summed E-state index contributed by atoms with van der Waals surface area (Å²) in [6, 6.07) is 8.65. The minimum absolute atomic E-state index is 0.00735. The molecule has 2 rings (SSSR count). The Hall–Kier alpha value is -2.50. The van der Waals surface area contributed by atoms with Crippen molar-refractivity contribution >= 4 is 34.9 Å². The van der Waals surface area contributed by atoms with Gasteiger partial charge in [0.15, 0.2) is 11.5 Å². The van der Waals surface area contributed by atoms with Crippen molar-refractivity contribution < 1.29 is 22.7 Å². The van der Waals surface area contributed by atoms with Crippen LogP contribution in [0.2, 0.25) is 10.2 Å². The summed E-state index contributed by atoms with van der Waals surface area (Å²) in [6.45, 7) is 4.63. The van der Waals surface area contributed by atoms with E-state index in [9.17, 15) is 23.2 Å². The molecule has 1 aromatic heterocycles. The lowest BCUT2D eigenvalue weighted by molar-refractivity contribution is -0.147. The molecule has 0 unspecified atom stereocenters. The molecule has 0 N–H and O–H groups in total. The van der Waals surface area contributed by atoms with Crippen LogP contribution in [0.1, 0.15) is 44.0 Å². The first-order chi connectivity index (χ1) is 14.3. The van der Waals surface area contributed by atoms with E-state index in [1.54, 1.807) is 45.0 Å². The second-order valence-electron chi connectivity index (χ2n) is 7.82. The van der Waals surface area contributed by atoms with Crippen molar-refractivity contribution in [3.63, 3.8) is 0 Å². The Balaban J connectivity index is 2.63. The molecule has 0 aliphatic rings. The first-order valence-electron chi connectivity index (χ1n) is 9.15. The lowest BCUT2D eigenvalue weighted by Crippen LogP contribution is -2.23. The molecule has 1 aromatic carbocycles. The minimum Gasteiger partial charge on any atom is -0.424 e. The van der Waals surface area contributed by atoms with Crippen LogP contribution in [0.3, 0.4) is 0 Å². The standard InChI is InChI=1S/C21H20Cl2F3N3O2/c1-20(2,3)19(30)31-16(15-17(21(24,25)26)28-29(4)18(15)23)13(11-27)8-5-12-6-9-14(22)10-7-12/h6-7,9-10H,5,8H2,1-4H3. The zero-order valence-electron chi connectivity index (χ0n) is 17.3. The molecule has 31 heavy (non-hydrogen) atoms. The number of nitrogens with zero attached hydrogens (tertiary/aromatic N) is 3. The van der Waals surface area contributed by atoms with Gasteiger partial charge in [0.1, 0.15) is 5.15 Å². The van der Waals surface area contributed by atoms with Crippen LogP contribution >= 0.6 is 23.2 Å². The average Bonchev–Trinajstić information content (AvgIpc) is 2.96. The molecule has 0 aliphatic carbocycles. The predicted octanol–water partition coefficient (Wildman–Crippen LogP) is 6.20. The van der Waals surface area contributed by atoms with Crippen molar-refractivity contribution in [1.29, 1.82) is 5.26 Å². The minimum atomic E-state index is -4.88. The Labute approximate surface area is 188 Å². The van der Waals surface area contributed by atoms with Crippen molar-refractivity contribution in [1.82, 2.24) is 9.78 Å².